The number of ether oxygens (including phenoxy) is 1. The van der Waals surface area contributed by atoms with Crippen molar-refractivity contribution in [3.05, 3.63) is 23.8 Å². The van der Waals surface area contributed by atoms with E-state index in [1.54, 1.807) is 7.11 Å². The molecule has 1 aliphatic heterocycles. The van der Waals surface area contributed by atoms with Crippen molar-refractivity contribution in [3.63, 3.8) is 0 Å². The number of nitrogens with one attached hydrogen (secondary N) is 1. The van der Waals surface area contributed by atoms with Gasteiger partial charge in [-0.25, -0.2) is 0 Å². The first kappa shape index (κ1) is 16.1. The highest BCUT2D eigenvalue weighted by atomic mass is 16.5. The number of anilines is 1. The molecule has 0 saturated carbocycles. The van der Waals surface area contributed by atoms with Gasteiger partial charge in [0.2, 0.25) is 0 Å². The van der Waals surface area contributed by atoms with Crippen LogP contribution in [0.3, 0.4) is 0 Å². The Hall–Kier alpha value is -1.26. The van der Waals surface area contributed by atoms with Crippen molar-refractivity contribution in [2.75, 3.05) is 51.8 Å². The summed E-state index contributed by atoms with van der Waals surface area (Å²) in [4.78, 5) is 4.87. The van der Waals surface area contributed by atoms with Gasteiger partial charge in [0, 0.05) is 43.5 Å². The monoisotopic (exact) mass is 291 g/mol. The number of rotatable bonds is 6. The van der Waals surface area contributed by atoms with Crippen molar-refractivity contribution in [2.24, 2.45) is 0 Å². The SMILES string of the molecule is CCCNC(C)c1c(OC)cccc1N1CCN(C)CC1. The molecule has 2 rings (SSSR count). The number of hydrogen-bond acceptors (Lipinski definition) is 4. The maximum absolute atomic E-state index is 5.62. The van der Waals surface area contributed by atoms with Crippen molar-refractivity contribution >= 4 is 5.69 Å². The second-order valence-electron chi connectivity index (χ2n) is 5.86. The third-order valence-corrected chi connectivity index (χ3v) is 4.24. The van der Waals surface area contributed by atoms with Gasteiger partial charge >= 0.3 is 0 Å². The quantitative estimate of drug-likeness (QED) is 0.871. The Balaban J connectivity index is 2.27. The van der Waals surface area contributed by atoms with E-state index in [0.29, 0.717) is 6.04 Å². The van der Waals surface area contributed by atoms with E-state index in [0.717, 1.165) is 44.9 Å². The van der Waals surface area contributed by atoms with Crippen LogP contribution in [0.15, 0.2) is 18.2 Å². The van der Waals surface area contributed by atoms with Crippen LogP contribution in [0.1, 0.15) is 31.9 Å². The van der Waals surface area contributed by atoms with E-state index in [2.05, 4.69) is 54.2 Å². The Kier molecular flexibility index (Phi) is 5.88. The van der Waals surface area contributed by atoms with Gasteiger partial charge in [0.15, 0.2) is 0 Å². The number of hydrogen-bond donors (Lipinski definition) is 1. The summed E-state index contributed by atoms with van der Waals surface area (Å²) < 4.78 is 5.62. The van der Waals surface area contributed by atoms with Crippen molar-refractivity contribution in [1.29, 1.82) is 0 Å². The summed E-state index contributed by atoms with van der Waals surface area (Å²) in [5.41, 5.74) is 2.61. The van der Waals surface area contributed by atoms with Crippen LogP contribution in [0.5, 0.6) is 5.75 Å². The molecule has 0 spiro atoms. The van der Waals surface area contributed by atoms with Crippen LogP contribution in [-0.4, -0.2) is 51.8 Å². The lowest BCUT2D eigenvalue weighted by atomic mass is 10.0. The summed E-state index contributed by atoms with van der Waals surface area (Å²) in [5.74, 6) is 0.988. The number of benzene rings is 1. The predicted molar refractivity (Wildman–Crippen MR) is 89.4 cm³/mol. The van der Waals surface area contributed by atoms with Crippen LogP contribution in [0.2, 0.25) is 0 Å². The van der Waals surface area contributed by atoms with E-state index in [9.17, 15) is 0 Å². The molecule has 4 nitrogen and oxygen atoms in total. The van der Waals surface area contributed by atoms with E-state index in [-0.39, 0.29) is 0 Å². The van der Waals surface area contributed by atoms with Crippen molar-refractivity contribution < 1.29 is 4.74 Å². The van der Waals surface area contributed by atoms with Crippen LogP contribution in [0.25, 0.3) is 0 Å². The van der Waals surface area contributed by atoms with Crippen LogP contribution in [0, 0.1) is 0 Å². The van der Waals surface area contributed by atoms with E-state index in [1.807, 2.05) is 0 Å². The summed E-state index contributed by atoms with van der Waals surface area (Å²) in [7, 11) is 3.95. The molecule has 1 aromatic carbocycles. The van der Waals surface area contributed by atoms with E-state index in [1.165, 1.54) is 11.3 Å². The van der Waals surface area contributed by atoms with Gasteiger partial charge in [0.1, 0.15) is 5.75 Å². The fourth-order valence-electron chi connectivity index (χ4n) is 2.93. The first-order valence-electron chi connectivity index (χ1n) is 8.01. The smallest absolute Gasteiger partial charge is 0.125 e. The molecular formula is C17H29N3O. The van der Waals surface area contributed by atoms with E-state index in [4.69, 9.17) is 4.74 Å². The fraction of sp³-hybridized carbons (Fsp3) is 0.647. The van der Waals surface area contributed by atoms with E-state index < -0.39 is 0 Å². The molecule has 1 heterocycles. The van der Waals surface area contributed by atoms with Crippen LogP contribution in [0.4, 0.5) is 5.69 Å². The third-order valence-electron chi connectivity index (χ3n) is 4.24. The zero-order valence-electron chi connectivity index (χ0n) is 13.9. The zero-order valence-corrected chi connectivity index (χ0v) is 13.9. The van der Waals surface area contributed by atoms with E-state index >= 15 is 0 Å². The topological polar surface area (TPSA) is 27.7 Å². The maximum atomic E-state index is 5.62. The average Bonchev–Trinajstić information content (AvgIpc) is 2.52. The third kappa shape index (κ3) is 3.89. The summed E-state index contributed by atoms with van der Waals surface area (Å²) >= 11 is 0. The van der Waals surface area contributed by atoms with Crippen LogP contribution >= 0.6 is 0 Å². The molecule has 1 N–H and O–H groups in total. The first-order valence-corrected chi connectivity index (χ1v) is 8.01. The lowest BCUT2D eigenvalue weighted by molar-refractivity contribution is 0.312. The Labute approximate surface area is 129 Å². The fourth-order valence-corrected chi connectivity index (χ4v) is 2.93. The van der Waals surface area contributed by atoms with Gasteiger partial charge in [0.05, 0.1) is 7.11 Å². The molecule has 1 saturated heterocycles. The van der Waals surface area contributed by atoms with Gasteiger partial charge in [0.25, 0.3) is 0 Å². The molecule has 0 aliphatic carbocycles. The van der Waals surface area contributed by atoms with Crippen molar-refractivity contribution in [3.8, 4) is 5.75 Å². The molecule has 1 unspecified atom stereocenters. The number of likely N-dealkylation sites (N-methyl/N-ethyl adjacent to an activating group) is 1. The molecule has 1 fully saturated rings. The number of methoxy groups -OCH3 is 1. The minimum Gasteiger partial charge on any atom is -0.496 e. The minimum absolute atomic E-state index is 0.302. The van der Waals surface area contributed by atoms with Crippen LogP contribution in [-0.2, 0) is 0 Å². The molecule has 0 aromatic heterocycles. The van der Waals surface area contributed by atoms with Crippen LogP contribution < -0.4 is 15.0 Å². The molecule has 4 heteroatoms. The van der Waals surface area contributed by atoms with Gasteiger partial charge in [-0.05, 0) is 39.1 Å². The highest BCUT2D eigenvalue weighted by molar-refractivity contribution is 5.61. The standard InChI is InChI=1S/C17H29N3O/c1-5-9-18-14(2)17-15(7-6-8-16(17)21-4)20-12-10-19(3)11-13-20/h6-8,14,18H,5,9-13H2,1-4H3. The summed E-state index contributed by atoms with van der Waals surface area (Å²) in [6, 6.07) is 6.70. The Morgan fingerprint density at radius 1 is 1.24 bits per heavy atom. The van der Waals surface area contributed by atoms with Gasteiger partial charge in [-0.15, -0.1) is 0 Å². The van der Waals surface area contributed by atoms with Crippen molar-refractivity contribution in [2.45, 2.75) is 26.3 Å². The van der Waals surface area contributed by atoms with Gasteiger partial charge in [-0.3, -0.25) is 0 Å². The second kappa shape index (κ2) is 7.66. The first-order chi connectivity index (χ1) is 10.2. The maximum Gasteiger partial charge on any atom is 0.125 e. The molecule has 0 bridgehead atoms. The Bertz CT molecular complexity index is 442. The lowest BCUT2D eigenvalue weighted by Crippen LogP contribution is -2.45. The molecule has 21 heavy (non-hydrogen) atoms. The Morgan fingerprint density at radius 3 is 2.57 bits per heavy atom. The molecule has 1 atom stereocenters. The molecule has 0 amide bonds. The average molecular weight is 291 g/mol. The molecule has 118 valence electrons. The highest BCUT2D eigenvalue weighted by Gasteiger charge is 2.22. The predicted octanol–water partition coefficient (Wildman–Crippen LogP) is 2.51. The molecular weight excluding hydrogens is 262 g/mol. The normalized spacial score (nSPS) is 17.8. The van der Waals surface area contributed by atoms with Gasteiger partial charge < -0.3 is 19.9 Å². The van der Waals surface area contributed by atoms with Gasteiger partial charge in [-0.2, -0.15) is 0 Å². The molecule has 0 radical (unpaired) electrons. The lowest BCUT2D eigenvalue weighted by Gasteiger charge is -2.36. The zero-order chi connectivity index (χ0) is 15.2. The van der Waals surface area contributed by atoms with Crippen molar-refractivity contribution in [1.82, 2.24) is 10.2 Å². The second-order valence-corrected chi connectivity index (χ2v) is 5.86. The minimum atomic E-state index is 0.302. The Morgan fingerprint density at radius 2 is 1.95 bits per heavy atom. The molecule has 1 aromatic rings. The van der Waals surface area contributed by atoms with Gasteiger partial charge in [-0.1, -0.05) is 13.0 Å². The highest BCUT2D eigenvalue weighted by Crippen LogP contribution is 2.35. The molecule has 1 aliphatic rings. The largest absolute Gasteiger partial charge is 0.496 e. The number of nitrogens with zero attached hydrogens (tertiary/aromatic N) is 2. The number of piperazine rings is 1. The summed E-state index contributed by atoms with van der Waals surface area (Å²) in [5, 5.41) is 3.59. The summed E-state index contributed by atoms with van der Waals surface area (Å²) in [6.07, 6.45) is 1.14. The summed E-state index contributed by atoms with van der Waals surface area (Å²) in [6.45, 7) is 9.85.